The fraction of sp³-hybridized carbons (Fsp3) is 0.158. The summed E-state index contributed by atoms with van der Waals surface area (Å²) in [4.78, 5) is 12.3. The number of aryl methyl sites for hydroxylation is 1. The molecular formula is C19H14BrClN4O2S. The highest BCUT2D eigenvalue weighted by Gasteiger charge is 2.16. The molecule has 0 spiro atoms. The SMILES string of the molecule is Cc1cc(/C=C(\C#N)C(=O)OCc2nnsc2Cl)c(C)n1-c1ccc(Br)cc1. The van der Waals surface area contributed by atoms with Crippen LogP contribution in [0.4, 0.5) is 0 Å². The number of hydrogen-bond donors (Lipinski definition) is 0. The Morgan fingerprint density at radius 1 is 1.39 bits per heavy atom. The molecule has 1 aromatic carbocycles. The molecule has 0 aliphatic heterocycles. The Labute approximate surface area is 179 Å². The van der Waals surface area contributed by atoms with Crippen LogP contribution in [0.15, 0.2) is 40.4 Å². The van der Waals surface area contributed by atoms with Crippen molar-refractivity contribution in [2.45, 2.75) is 20.5 Å². The van der Waals surface area contributed by atoms with E-state index in [1.807, 2.05) is 50.2 Å². The molecule has 6 nitrogen and oxygen atoms in total. The first-order valence-electron chi connectivity index (χ1n) is 8.11. The standard InChI is InChI=1S/C19H14BrClN4O2S/c1-11-7-13(12(2)25(11)16-5-3-15(20)4-6-16)8-14(9-22)19(26)27-10-17-18(21)28-24-23-17/h3-8H,10H2,1-2H3/b14-8+. The Balaban J connectivity index is 1.85. The summed E-state index contributed by atoms with van der Waals surface area (Å²) in [7, 11) is 0. The number of aromatic nitrogens is 3. The predicted octanol–water partition coefficient (Wildman–Crippen LogP) is 5.01. The third-order valence-corrected chi connectivity index (χ3v) is 5.56. The zero-order valence-electron chi connectivity index (χ0n) is 14.9. The topological polar surface area (TPSA) is 80.8 Å². The van der Waals surface area contributed by atoms with Crippen molar-refractivity contribution in [1.29, 1.82) is 5.26 Å². The third-order valence-electron chi connectivity index (χ3n) is 4.04. The lowest BCUT2D eigenvalue weighted by Gasteiger charge is -2.09. The second-order valence-corrected chi connectivity index (χ2v) is 8.15. The van der Waals surface area contributed by atoms with E-state index in [1.54, 1.807) is 0 Å². The van der Waals surface area contributed by atoms with E-state index in [4.69, 9.17) is 16.3 Å². The number of nitrogens with zero attached hydrogens (tertiary/aromatic N) is 4. The van der Waals surface area contributed by atoms with Gasteiger partial charge < -0.3 is 9.30 Å². The van der Waals surface area contributed by atoms with Crippen LogP contribution in [0.3, 0.4) is 0 Å². The van der Waals surface area contributed by atoms with Gasteiger partial charge in [-0.25, -0.2) is 4.79 Å². The van der Waals surface area contributed by atoms with Crippen LogP contribution < -0.4 is 0 Å². The quantitative estimate of drug-likeness (QED) is 0.293. The van der Waals surface area contributed by atoms with Crippen molar-refractivity contribution in [2.24, 2.45) is 0 Å². The Morgan fingerprint density at radius 2 is 2.11 bits per heavy atom. The number of halogens is 2. The molecule has 2 heterocycles. The van der Waals surface area contributed by atoms with Gasteiger partial charge in [0.05, 0.1) is 0 Å². The summed E-state index contributed by atoms with van der Waals surface area (Å²) in [5, 5.41) is 13.2. The van der Waals surface area contributed by atoms with Gasteiger partial charge in [0.1, 0.15) is 28.3 Å². The first kappa shape index (κ1) is 20.3. The Hall–Kier alpha value is -2.47. The van der Waals surface area contributed by atoms with Crippen LogP contribution in [0.25, 0.3) is 11.8 Å². The molecule has 3 rings (SSSR count). The molecule has 0 N–H and O–H groups in total. The van der Waals surface area contributed by atoms with Gasteiger partial charge in [0.2, 0.25) is 0 Å². The van der Waals surface area contributed by atoms with Gasteiger partial charge in [-0.15, -0.1) is 5.10 Å². The van der Waals surface area contributed by atoms with Crippen molar-refractivity contribution in [3.8, 4) is 11.8 Å². The molecule has 0 saturated carbocycles. The molecule has 3 aromatic rings. The lowest BCUT2D eigenvalue weighted by molar-refractivity contribution is -0.139. The summed E-state index contributed by atoms with van der Waals surface area (Å²) in [5.74, 6) is -0.736. The predicted molar refractivity (Wildman–Crippen MR) is 111 cm³/mol. The van der Waals surface area contributed by atoms with Crippen LogP contribution in [0, 0.1) is 25.2 Å². The minimum Gasteiger partial charge on any atom is -0.455 e. The summed E-state index contributed by atoms with van der Waals surface area (Å²) in [6.45, 7) is 3.76. The van der Waals surface area contributed by atoms with Crippen LogP contribution in [-0.4, -0.2) is 20.1 Å². The van der Waals surface area contributed by atoms with E-state index in [0.29, 0.717) is 10.0 Å². The van der Waals surface area contributed by atoms with Gasteiger partial charge in [-0.2, -0.15) is 5.26 Å². The maximum Gasteiger partial charge on any atom is 0.349 e. The zero-order chi connectivity index (χ0) is 20.3. The van der Waals surface area contributed by atoms with Crippen molar-refractivity contribution in [3.05, 3.63) is 67.4 Å². The largest absolute Gasteiger partial charge is 0.455 e. The molecule has 9 heteroatoms. The summed E-state index contributed by atoms with van der Waals surface area (Å²) in [5.41, 5.74) is 3.91. The number of ether oxygens (including phenoxy) is 1. The maximum absolute atomic E-state index is 12.3. The second kappa shape index (κ2) is 8.69. The van der Waals surface area contributed by atoms with E-state index < -0.39 is 5.97 Å². The van der Waals surface area contributed by atoms with Gasteiger partial charge >= 0.3 is 5.97 Å². The number of esters is 1. The van der Waals surface area contributed by atoms with Gasteiger partial charge in [-0.05, 0) is 55.8 Å². The molecule has 0 aliphatic carbocycles. The van der Waals surface area contributed by atoms with Crippen LogP contribution in [0.2, 0.25) is 4.34 Å². The Bertz CT molecular complexity index is 1100. The average molecular weight is 478 g/mol. The number of carbonyl (C=O) groups is 1. The van der Waals surface area contributed by atoms with E-state index in [9.17, 15) is 10.1 Å². The van der Waals surface area contributed by atoms with Crippen LogP contribution in [0.1, 0.15) is 22.6 Å². The number of nitriles is 1. The van der Waals surface area contributed by atoms with E-state index in [2.05, 4.69) is 30.1 Å². The van der Waals surface area contributed by atoms with Crippen molar-refractivity contribution in [2.75, 3.05) is 0 Å². The summed E-state index contributed by atoms with van der Waals surface area (Å²) >= 11 is 10.3. The van der Waals surface area contributed by atoms with Crippen molar-refractivity contribution in [1.82, 2.24) is 14.2 Å². The molecule has 0 radical (unpaired) electrons. The molecule has 0 bridgehead atoms. The summed E-state index contributed by atoms with van der Waals surface area (Å²) in [6.07, 6.45) is 1.53. The lowest BCUT2D eigenvalue weighted by atomic mass is 10.1. The van der Waals surface area contributed by atoms with Crippen molar-refractivity contribution < 1.29 is 9.53 Å². The van der Waals surface area contributed by atoms with Crippen molar-refractivity contribution in [3.63, 3.8) is 0 Å². The van der Waals surface area contributed by atoms with E-state index in [1.165, 1.54) is 6.08 Å². The van der Waals surface area contributed by atoms with E-state index in [-0.39, 0.29) is 12.2 Å². The summed E-state index contributed by atoms with van der Waals surface area (Å²) in [6, 6.07) is 11.7. The molecule has 2 aromatic heterocycles. The third kappa shape index (κ3) is 4.33. The normalized spacial score (nSPS) is 11.3. The van der Waals surface area contributed by atoms with Crippen LogP contribution >= 0.6 is 39.1 Å². The van der Waals surface area contributed by atoms with Crippen LogP contribution in [0.5, 0.6) is 0 Å². The highest BCUT2D eigenvalue weighted by Crippen LogP contribution is 2.24. The first-order valence-corrected chi connectivity index (χ1v) is 10.1. The average Bonchev–Trinajstić information content (AvgIpc) is 3.21. The Kier molecular flexibility index (Phi) is 6.29. The fourth-order valence-corrected chi connectivity index (χ4v) is 3.57. The molecule has 0 aliphatic rings. The van der Waals surface area contributed by atoms with Crippen molar-refractivity contribution >= 4 is 51.1 Å². The molecule has 0 amide bonds. The maximum atomic E-state index is 12.3. The molecule has 0 saturated heterocycles. The van der Waals surface area contributed by atoms with Gasteiger partial charge in [0.15, 0.2) is 0 Å². The van der Waals surface area contributed by atoms with Gasteiger partial charge in [-0.1, -0.05) is 32.0 Å². The smallest absolute Gasteiger partial charge is 0.349 e. The molecule has 0 fully saturated rings. The fourth-order valence-electron chi connectivity index (χ4n) is 2.71. The number of benzene rings is 1. The van der Waals surface area contributed by atoms with E-state index >= 15 is 0 Å². The van der Waals surface area contributed by atoms with Gasteiger partial charge in [-0.3, -0.25) is 0 Å². The van der Waals surface area contributed by atoms with Gasteiger partial charge in [0, 0.05) is 33.1 Å². The monoisotopic (exact) mass is 476 g/mol. The zero-order valence-corrected chi connectivity index (χ0v) is 18.1. The van der Waals surface area contributed by atoms with Crippen LogP contribution in [-0.2, 0) is 16.1 Å². The van der Waals surface area contributed by atoms with Gasteiger partial charge in [0.25, 0.3) is 0 Å². The number of rotatable bonds is 5. The van der Waals surface area contributed by atoms with E-state index in [0.717, 1.165) is 38.6 Å². The Morgan fingerprint density at radius 3 is 2.71 bits per heavy atom. The molecule has 0 atom stereocenters. The molecule has 0 unspecified atom stereocenters. The number of hydrogen-bond acceptors (Lipinski definition) is 6. The first-order chi connectivity index (χ1) is 13.4. The molecule has 142 valence electrons. The minimum atomic E-state index is -0.736. The highest BCUT2D eigenvalue weighted by atomic mass is 79.9. The number of carbonyl (C=O) groups excluding carboxylic acids is 1. The summed E-state index contributed by atoms with van der Waals surface area (Å²) < 4.78 is 12.2. The molecular weight excluding hydrogens is 464 g/mol. The molecule has 28 heavy (non-hydrogen) atoms. The minimum absolute atomic E-state index is 0.102. The lowest BCUT2D eigenvalue weighted by Crippen LogP contribution is -2.07. The second-order valence-electron chi connectivity index (χ2n) is 5.88. The highest BCUT2D eigenvalue weighted by molar-refractivity contribution is 9.10.